The maximum Gasteiger partial charge on any atom is 0.426 e. The lowest BCUT2D eigenvalue weighted by Gasteiger charge is -2.21. The van der Waals surface area contributed by atoms with Gasteiger partial charge in [-0.1, -0.05) is 12.2 Å². The highest BCUT2D eigenvalue weighted by Gasteiger charge is 2.44. The summed E-state index contributed by atoms with van der Waals surface area (Å²) < 4.78 is 73.4. The number of rotatable bonds is 5. The largest absolute Gasteiger partial charge is 0.480 e. The highest BCUT2D eigenvalue weighted by Crippen LogP contribution is 2.29. The number of benzene rings is 1. The molecule has 118 valence electrons. The Labute approximate surface area is 133 Å². The van der Waals surface area contributed by atoms with Gasteiger partial charge < -0.3 is 4.74 Å². The molecule has 0 aromatic heterocycles. The molecule has 1 N–H and O–H groups in total. The Balaban J connectivity index is 3.05. The van der Waals surface area contributed by atoms with Gasteiger partial charge >= 0.3 is 6.18 Å². The van der Waals surface area contributed by atoms with Crippen molar-refractivity contribution in [2.45, 2.75) is 19.2 Å². The molecule has 0 saturated heterocycles. The molecule has 0 heterocycles. The molecule has 0 fully saturated rings. The molecule has 0 amide bonds. The Morgan fingerprint density at radius 3 is 2.43 bits per heavy atom. The first-order valence-electron chi connectivity index (χ1n) is 5.54. The fourth-order valence-corrected chi connectivity index (χ4v) is 3.05. The number of hydrogen-bond acceptors (Lipinski definition) is 3. The molecule has 0 aliphatic rings. The van der Waals surface area contributed by atoms with E-state index in [1.165, 1.54) is 18.2 Å². The van der Waals surface area contributed by atoms with Crippen LogP contribution in [0.15, 0.2) is 24.8 Å². The highest BCUT2D eigenvalue weighted by atomic mass is 127. The van der Waals surface area contributed by atoms with Gasteiger partial charge in [-0.25, -0.2) is 0 Å². The SMILES string of the molecule is C=C(C)c1ccc(OC(CS(=O)(=O)O)C(F)(F)F)cc1I. The van der Waals surface area contributed by atoms with E-state index in [0.29, 0.717) is 3.57 Å². The molecule has 0 bridgehead atoms. The first kappa shape index (κ1) is 18.2. The van der Waals surface area contributed by atoms with Crippen molar-refractivity contribution in [2.24, 2.45) is 0 Å². The maximum absolute atomic E-state index is 12.7. The van der Waals surface area contributed by atoms with E-state index in [2.05, 4.69) is 11.3 Å². The maximum atomic E-state index is 12.7. The van der Waals surface area contributed by atoms with Crippen LogP contribution in [0.3, 0.4) is 0 Å². The summed E-state index contributed by atoms with van der Waals surface area (Å²) in [6.45, 7) is 5.47. The van der Waals surface area contributed by atoms with Gasteiger partial charge in [-0.3, -0.25) is 4.55 Å². The number of allylic oxidation sites excluding steroid dienone is 1. The predicted molar refractivity (Wildman–Crippen MR) is 80.8 cm³/mol. The fraction of sp³-hybridized carbons (Fsp3) is 0.333. The summed E-state index contributed by atoms with van der Waals surface area (Å²) in [5.74, 6) is -1.70. The van der Waals surface area contributed by atoms with Crippen LogP contribution in [0.4, 0.5) is 13.2 Å². The van der Waals surface area contributed by atoms with E-state index in [4.69, 9.17) is 4.55 Å². The number of alkyl halides is 3. The van der Waals surface area contributed by atoms with Crippen LogP contribution < -0.4 is 4.74 Å². The summed E-state index contributed by atoms with van der Waals surface area (Å²) in [7, 11) is -4.82. The third kappa shape index (κ3) is 5.83. The van der Waals surface area contributed by atoms with Crippen molar-refractivity contribution in [2.75, 3.05) is 5.75 Å². The average Bonchev–Trinajstić information content (AvgIpc) is 2.24. The van der Waals surface area contributed by atoms with Gasteiger partial charge in [-0.15, -0.1) is 0 Å². The lowest BCUT2D eigenvalue weighted by Crippen LogP contribution is -2.40. The number of ether oxygens (including phenoxy) is 1. The molecule has 1 aromatic rings. The van der Waals surface area contributed by atoms with Gasteiger partial charge in [0.15, 0.2) is 0 Å². The van der Waals surface area contributed by atoms with E-state index in [-0.39, 0.29) is 5.75 Å². The highest BCUT2D eigenvalue weighted by molar-refractivity contribution is 14.1. The summed E-state index contributed by atoms with van der Waals surface area (Å²) in [5.41, 5.74) is 1.48. The fourth-order valence-electron chi connectivity index (χ4n) is 1.47. The van der Waals surface area contributed by atoms with Crippen molar-refractivity contribution < 1.29 is 30.9 Å². The third-order valence-electron chi connectivity index (χ3n) is 2.41. The second-order valence-corrected chi connectivity index (χ2v) is 6.98. The molecule has 1 atom stereocenters. The topological polar surface area (TPSA) is 63.6 Å². The minimum atomic E-state index is -4.92. The molecule has 0 aliphatic heterocycles. The van der Waals surface area contributed by atoms with E-state index < -0.39 is 28.2 Å². The quantitative estimate of drug-likeness (QED) is 0.567. The molecule has 21 heavy (non-hydrogen) atoms. The van der Waals surface area contributed by atoms with Crippen LogP contribution in [0.2, 0.25) is 0 Å². The van der Waals surface area contributed by atoms with Crippen molar-refractivity contribution in [1.29, 1.82) is 0 Å². The molecular formula is C12H12F3IO4S. The summed E-state index contributed by atoms with van der Waals surface area (Å²) >= 11 is 1.91. The zero-order valence-electron chi connectivity index (χ0n) is 10.8. The van der Waals surface area contributed by atoms with Crippen LogP contribution in [-0.4, -0.2) is 31.0 Å². The summed E-state index contributed by atoms with van der Waals surface area (Å²) in [6.07, 6.45) is -7.56. The van der Waals surface area contributed by atoms with Gasteiger partial charge in [0.1, 0.15) is 11.5 Å². The van der Waals surface area contributed by atoms with Crippen LogP contribution >= 0.6 is 22.6 Å². The predicted octanol–water partition coefficient (Wildman–Crippen LogP) is 3.52. The summed E-state index contributed by atoms with van der Waals surface area (Å²) in [5, 5.41) is 0. The van der Waals surface area contributed by atoms with E-state index in [9.17, 15) is 21.6 Å². The standard InChI is InChI=1S/C12H12F3IO4S/c1-7(2)9-4-3-8(5-10(9)16)20-11(12(13,14)15)6-21(17,18)19/h3-5,11H,1,6H2,2H3,(H,17,18,19). The van der Waals surface area contributed by atoms with Crippen molar-refractivity contribution in [3.8, 4) is 5.75 Å². The van der Waals surface area contributed by atoms with E-state index in [1.54, 1.807) is 6.92 Å². The lowest BCUT2D eigenvalue weighted by atomic mass is 10.1. The lowest BCUT2D eigenvalue weighted by molar-refractivity contribution is -0.188. The Hall–Kier alpha value is -0.810. The smallest absolute Gasteiger partial charge is 0.426 e. The van der Waals surface area contributed by atoms with E-state index in [1.807, 2.05) is 22.6 Å². The zero-order chi connectivity index (χ0) is 16.4. The summed E-state index contributed by atoms with van der Waals surface area (Å²) in [4.78, 5) is 0. The molecule has 0 spiro atoms. The molecule has 1 unspecified atom stereocenters. The first-order chi connectivity index (χ1) is 9.40. The van der Waals surface area contributed by atoms with E-state index in [0.717, 1.165) is 11.1 Å². The van der Waals surface area contributed by atoms with Crippen LogP contribution in [0, 0.1) is 3.57 Å². The van der Waals surface area contributed by atoms with Crippen molar-refractivity contribution in [1.82, 2.24) is 0 Å². The molecule has 0 radical (unpaired) electrons. The Morgan fingerprint density at radius 2 is 2.05 bits per heavy atom. The van der Waals surface area contributed by atoms with Gasteiger partial charge in [0.2, 0.25) is 6.10 Å². The normalized spacial score (nSPS) is 13.8. The van der Waals surface area contributed by atoms with E-state index >= 15 is 0 Å². The Kier molecular flexibility index (Phi) is 5.67. The molecular weight excluding hydrogens is 424 g/mol. The molecule has 9 heteroatoms. The van der Waals surface area contributed by atoms with Crippen LogP contribution in [0.5, 0.6) is 5.75 Å². The number of hydrogen-bond donors (Lipinski definition) is 1. The van der Waals surface area contributed by atoms with Crippen LogP contribution in [0.1, 0.15) is 12.5 Å². The molecule has 4 nitrogen and oxygen atoms in total. The van der Waals surface area contributed by atoms with Crippen LogP contribution in [-0.2, 0) is 10.1 Å². The Bertz CT molecular complexity index is 640. The molecule has 0 saturated carbocycles. The first-order valence-corrected chi connectivity index (χ1v) is 8.23. The van der Waals surface area contributed by atoms with Gasteiger partial charge in [-0.05, 0) is 53.3 Å². The van der Waals surface area contributed by atoms with Gasteiger partial charge in [0.05, 0.1) is 0 Å². The third-order valence-corrected chi connectivity index (χ3v) is 4.02. The van der Waals surface area contributed by atoms with Crippen molar-refractivity contribution >= 4 is 38.3 Å². The second-order valence-electron chi connectivity index (χ2n) is 4.32. The summed E-state index contributed by atoms with van der Waals surface area (Å²) in [6, 6.07) is 4.16. The van der Waals surface area contributed by atoms with Crippen LogP contribution in [0.25, 0.3) is 5.57 Å². The minimum Gasteiger partial charge on any atom is -0.480 e. The minimum absolute atomic E-state index is 0.143. The van der Waals surface area contributed by atoms with Gasteiger partial charge in [0, 0.05) is 3.57 Å². The second kappa shape index (κ2) is 6.53. The Morgan fingerprint density at radius 1 is 1.48 bits per heavy atom. The average molecular weight is 436 g/mol. The zero-order valence-corrected chi connectivity index (χ0v) is 13.8. The molecule has 1 rings (SSSR count). The van der Waals surface area contributed by atoms with Gasteiger partial charge in [-0.2, -0.15) is 21.6 Å². The van der Waals surface area contributed by atoms with Crippen molar-refractivity contribution in [3.05, 3.63) is 33.9 Å². The molecule has 0 aliphatic carbocycles. The monoisotopic (exact) mass is 436 g/mol. The molecule has 1 aromatic carbocycles. The van der Waals surface area contributed by atoms with Gasteiger partial charge in [0.25, 0.3) is 10.1 Å². The van der Waals surface area contributed by atoms with Crippen molar-refractivity contribution in [3.63, 3.8) is 0 Å². The number of halogens is 4.